The number of imide groups is 1. The van der Waals surface area contributed by atoms with E-state index < -0.39 is 11.9 Å². The third-order valence-corrected chi connectivity index (χ3v) is 2.17. The van der Waals surface area contributed by atoms with Gasteiger partial charge in [-0.25, -0.2) is 9.48 Å². The normalized spacial score (nSPS) is 10.5. The van der Waals surface area contributed by atoms with Crippen LogP contribution in [0, 0.1) is 0 Å². The first kappa shape index (κ1) is 15.1. The molecule has 1 heterocycles. The second-order valence-corrected chi connectivity index (χ2v) is 4.35. The van der Waals surface area contributed by atoms with Crippen LogP contribution in [0.4, 0.5) is 4.79 Å². The molecule has 106 valence electrons. The van der Waals surface area contributed by atoms with Gasteiger partial charge in [0, 0.05) is 19.1 Å². The predicted molar refractivity (Wildman–Crippen MR) is 69.2 cm³/mol. The van der Waals surface area contributed by atoms with Gasteiger partial charge < -0.3 is 10.6 Å². The van der Waals surface area contributed by atoms with Crippen molar-refractivity contribution in [1.82, 2.24) is 30.9 Å². The van der Waals surface area contributed by atoms with Crippen LogP contribution < -0.4 is 16.0 Å². The smallest absolute Gasteiger partial charge is 0.321 e. The maximum absolute atomic E-state index is 11.5. The second-order valence-electron chi connectivity index (χ2n) is 4.35. The molecule has 0 aromatic carbocycles. The summed E-state index contributed by atoms with van der Waals surface area (Å²) in [7, 11) is 0. The molecular formula is C11H20N6O2. The van der Waals surface area contributed by atoms with E-state index in [4.69, 9.17) is 0 Å². The third-order valence-electron chi connectivity index (χ3n) is 2.17. The van der Waals surface area contributed by atoms with E-state index in [0.29, 0.717) is 19.1 Å². The van der Waals surface area contributed by atoms with Crippen molar-refractivity contribution in [3.05, 3.63) is 11.9 Å². The summed E-state index contributed by atoms with van der Waals surface area (Å²) < 4.78 is 1.39. The minimum Gasteiger partial charge on any atom is -0.338 e. The van der Waals surface area contributed by atoms with E-state index in [1.54, 1.807) is 13.1 Å². The average Bonchev–Trinajstić information content (AvgIpc) is 2.74. The first-order valence-electron chi connectivity index (χ1n) is 6.21. The van der Waals surface area contributed by atoms with Crippen molar-refractivity contribution < 1.29 is 9.59 Å². The van der Waals surface area contributed by atoms with Gasteiger partial charge in [-0.15, -0.1) is 5.10 Å². The molecular weight excluding hydrogens is 248 g/mol. The molecule has 0 aliphatic rings. The Balaban J connectivity index is 2.40. The van der Waals surface area contributed by atoms with Gasteiger partial charge in [-0.3, -0.25) is 10.1 Å². The molecule has 19 heavy (non-hydrogen) atoms. The molecule has 0 aliphatic heterocycles. The van der Waals surface area contributed by atoms with Crippen molar-refractivity contribution in [2.75, 3.05) is 6.54 Å². The van der Waals surface area contributed by atoms with E-state index in [9.17, 15) is 9.59 Å². The molecule has 0 saturated heterocycles. The van der Waals surface area contributed by atoms with Crippen LogP contribution in [0.2, 0.25) is 0 Å². The van der Waals surface area contributed by atoms with E-state index in [-0.39, 0.29) is 6.54 Å². The van der Waals surface area contributed by atoms with Gasteiger partial charge in [0.2, 0.25) is 5.91 Å². The summed E-state index contributed by atoms with van der Waals surface area (Å²) in [6.45, 7) is 6.86. The van der Waals surface area contributed by atoms with Gasteiger partial charge >= 0.3 is 6.03 Å². The number of amides is 3. The van der Waals surface area contributed by atoms with Gasteiger partial charge in [0.15, 0.2) is 0 Å². The van der Waals surface area contributed by atoms with Gasteiger partial charge in [-0.2, -0.15) is 0 Å². The molecule has 0 spiro atoms. The molecule has 0 saturated carbocycles. The lowest BCUT2D eigenvalue weighted by Gasteiger charge is -2.04. The van der Waals surface area contributed by atoms with Crippen LogP contribution in [0.3, 0.4) is 0 Å². The Hall–Kier alpha value is -1.96. The SMILES string of the molecule is CCNC(=O)NC(=O)Cn1cc(CNC(C)C)nn1. The van der Waals surface area contributed by atoms with Crippen LogP contribution in [0.1, 0.15) is 26.5 Å². The largest absolute Gasteiger partial charge is 0.338 e. The van der Waals surface area contributed by atoms with Crippen molar-refractivity contribution in [2.24, 2.45) is 0 Å². The van der Waals surface area contributed by atoms with Crippen LogP contribution in [0.25, 0.3) is 0 Å². The number of hydrogen-bond donors (Lipinski definition) is 3. The zero-order chi connectivity index (χ0) is 14.3. The fourth-order valence-electron chi connectivity index (χ4n) is 1.32. The van der Waals surface area contributed by atoms with Crippen LogP contribution in [-0.2, 0) is 17.9 Å². The number of urea groups is 1. The van der Waals surface area contributed by atoms with Crippen LogP contribution in [-0.4, -0.2) is 39.5 Å². The van der Waals surface area contributed by atoms with E-state index in [1.807, 2.05) is 13.8 Å². The summed E-state index contributed by atoms with van der Waals surface area (Å²) in [4.78, 5) is 22.6. The number of aromatic nitrogens is 3. The van der Waals surface area contributed by atoms with Crippen molar-refractivity contribution in [3.63, 3.8) is 0 Å². The zero-order valence-corrected chi connectivity index (χ0v) is 11.4. The second kappa shape index (κ2) is 7.47. The molecule has 8 nitrogen and oxygen atoms in total. The Bertz CT molecular complexity index is 429. The van der Waals surface area contributed by atoms with Crippen LogP contribution >= 0.6 is 0 Å². The number of carbonyl (C=O) groups excluding carboxylic acids is 2. The maximum Gasteiger partial charge on any atom is 0.321 e. The Labute approximate surface area is 111 Å². The number of rotatable bonds is 6. The quantitative estimate of drug-likeness (QED) is 0.653. The highest BCUT2D eigenvalue weighted by molar-refractivity contribution is 5.94. The van der Waals surface area contributed by atoms with Crippen molar-refractivity contribution in [1.29, 1.82) is 0 Å². The molecule has 0 atom stereocenters. The molecule has 8 heteroatoms. The maximum atomic E-state index is 11.5. The fraction of sp³-hybridized carbons (Fsp3) is 0.636. The molecule has 1 aromatic rings. The van der Waals surface area contributed by atoms with Crippen molar-refractivity contribution in [3.8, 4) is 0 Å². The number of hydrogen-bond acceptors (Lipinski definition) is 5. The first-order chi connectivity index (χ1) is 9.01. The molecule has 0 bridgehead atoms. The van der Waals surface area contributed by atoms with E-state index in [2.05, 4.69) is 26.3 Å². The highest BCUT2D eigenvalue weighted by Gasteiger charge is 2.09. The van der Waals surface area contributed by atoms with E-state index in [0.717, 1.165) is 5.69 Å². The number of carbonyl (C=O) groups is 2. The Morgan fingerprint density at radius 2 is 2.16 bits per heavy atom. The minimum atomic E-state index is -0.505. The minimum absolute atomic E-state index is 0.0359. The highest BCUT2D eigenvalue weighted by Crippen LogP contribution is 1.93. The molecule has 0 radical (unpaired) electrons. The van der Waals surface area contributed by atoms with Gasteiger partial charge in [0.05, 0.1) is 11.9 Å². The van der Waals surface area contributed by atoms with Crippen molar-refractivity contribution in [2.45, 2.75) is 39.9 Å². The van der Waals surface area contributed by atoms with E-state index in [1.165, 1.54) is 4.68 Å². The summed E-state index contributed by atoms with van der Waals surface area (Å²) >= 11 is 0. The Morgan fingerprint density at radius 3 is 2.79 bits per heavy atom. The van der Waals surface area contributed by atoms with Crippen molar-refractivity contribution >= 4 is 11.9 Å². The summed E-state index contributed by atoms with van der Waals surface area (Å²) in [5.74, 6) is -0.431. The number of nitrogens with one attached hydrogen (secondary N) is 3. The molecule has 3 N–H and O–H groups in total. The molecule has 3 amide bonds. The van der Waals surface area contributed by atoms with Gasteiger partial charge in [0.25, 0.3) is 0 Å². The molecule has 1 rings (SSSR count). The standard InChI is InChI=1S/C11H20N6O2/c1-4-12-11(19)14-10(18)7-17-6-9(15-16-17)5-13-8(2)3/h6,8,13H,4-5,7H2,1-3H3,(H2,12,14,18,19). The molecule has 1 aromatic heterocycles. The fourth-order valence-corrected chi connectivity index (χ4v) is 1.32. The summed E-state index contributed by atoms with van der Waals surface area (Å²) in [5, 5.41) is 15.6. The summed E-state index contributed by atoms with van der Waals surface area (Å²) in [6.07, 6.45) is 1.67. The van der Waals surface area contributed by atoms with Crippen LogP contribution in [0.5, 0.6) is 0 Å². The lowest BCUT2D eigenvalue weighted by atomic mass is 10.3. The lowest BCUT2D eigenvalue weighted by molar-refractivity contribution is -0.120. The lowest BCUT2D eigenvalue weighted by Crippen LogP contribution is -2.40. The van der Waals surface area contributed by atoms with Gasteiger partial charge in [0.1, 0.15) is 6.54 Å². The molecule has 0 unspecified atom stereocenters. The molecule has 0 fully saturated rings. The molecule has 0 aliphatic carbocycles. The zero-order valence-electron chi connectivity index (χ0n) is 11.4. The summed E-state index contributed by atoms with van der Waals surface area (Å²) in [5.41, 5.74) is 0.750. The highest BCUT2D eigenvalue weighted by atomic mass is 16.2. The van der Waals surface area contributed by atoms with E-state index >= 15 is 0 Å². The van der Waals surface area contributed by atoms with Gasteiger partial charge in [-0.1, -0.05) is 19.1 Å². The van der Waals surface area contributed by atoms with Gasteiger partial charge in [-0.05, 0) is 6.92 Å². The Kier molecular flexibility index (Phi) is 5.94. The topological polar surface area (TPSA) is 101 Å². The first-order valence-corrected chi connectivity index (χ1v) is 6.21. The number of nitrogens with zero attached hydrogens (tertiary/aromatic N) is 3. The average molecular weight is 268 g/mol. The Morgan fingerprint density at radius 1 is 1.42 bits per heavy atom. The third kappa shape index (κ3) is 5.96. The predicted octanol–water partition coefficient (Wildman–Crippen LogP) is -0.378. The van der Waals surface area contributed by atoms with Crippen LogP contribution in [0.15, 0.2) is 6.20 Å². The summed E-state index contributed by atoms with van der Waals surface area (Å²) in [6, 6.07) is -0.152. The monoisotopic (exact) mass is 268 g/mol.